The van der Waals surface area contributed by atoms with E-state index in [-0.39, 0.29) is 5.56 Å². The molecule has 0 saturated heterocycles. The number of aryl methyl sites for hydroxylation is 2. The van der Waals surface area contributed by atoms with Gasteiger partial charge in [0, 0.05) is 24.7 Å². The summed E-state index contributed by atoms with van der Waals surface area (Å²) in [6, 6.07) is 19.4. The molecular formula is C28H30N6O3. The van der Waals surface area contributed by atoms with Gasteiger partial charge in [-0.3, -0.25) is 9.69 Å². The number of fused-ring (bicyclic) bond motifs is 1. The van der Waals surface area contributed by atoms with Gasteiger partial charge in [-0.2, -0.15) is 0 Å². The molecule has 37 heavy (non-hydrogen) atoms. The van der Waals surface area contributed by atoms with Crippen LogP contribution in [0, 0.1) is 13.8 Å². The Bertz CT molecular complexity index is 1530. The third-order valence-electron chi connectivity index (χ3n) is 6.63. The van der Waals surface area contributed by atoms with Gasteiger partial charge in [0.15, 0.2) is 5.82 Å². The van der Waals surface area contributed by atoms with Crippen molar-refractivity contribution in [2.75, 3.05) is 13.7 Å². The minimum Gasteiger partial charge on any atom is -0.468 e. The van der Waals surface area contributed by atoms with Crippen molar-refractivity contribution in [3.63, 3.8) is 0 Å². The molecule has 0 bridgehead atoms. The summed E-state index contributed by atoms with van der Waals surface area (Å²) in [7, 11) is 1.64. The van der Waals surface area contributed by atoms with Crippen LogP contribution in [0.5, 0.6) is 0 Å². The Hall–Kier alpha value is -4.08. The summed E-state index contributed by atoms with van der Waals surface area (Å²) >= 11 is 0. The van der Waals surface area contributed by atoms with Crippen molar-refractivity contribution in [1.82, 2.24) is 30.1 Å². The Morgan fingerprint density at radius 2 is 1.86 bits per heavy atom. The topological polar surface area (TPSA) is 102 Å². The second kappa shape index (κ2) is 10.9. The fourth-order valence-electron chi connectivity index (χ4n) is 4.60. The lowest BCUT2D eigenvalue weighted by Crippen LogP contribution is -2.35. The van der Waals surface area contributed by atoms with Gasteiger partial charge in [-0.15, -0.1) is 5.10 Å². The van der Waals surface area contributed by atoms with Gasteiger partial charge in [0.2, 0.25) is 0 Å². The molecule has 3 heterocycles. The van der Waals surface area contributed by atoms with Crippen molar-refractivity contribution in [2.24, 2.45) is 0 Å². The monoisotopic (exact) mass is 498 g/mol. The van der Waals surface area contributed by atoms with Gasteiger partial charge in [-0.05, 0) is 76.7 Å². The van der Waals surface area contributed by atoms with Crippen molar-refractivity contribution in [1.29, 1.82) is 0 Å². The second-order valence-corrected chi connectivity index (χ2v) is 9.20. The highest BCUT2D eigenvalue weighted by atomic mass is 16.5. The van der Waals surface area contributed by atoms with Crippen LogP contribution in [0.3, 0.4) is 0 Å². The van der Waals surface area contributed by atoms with Crippen LogP contribution in [0.15, 0.2) is 76.1 Å². The van der Waals surface area contributed by atoms with Crippen LogP contribution in [0.1, 0.15) is 39.9 Å². The third-order valence-corrected chi connectivity index (χ3v) is 6.63. The number of hydrogen-bond acceptors (Lipinski definition) is 7. The molecule has 0 saturated carbocycles. The molecule has 1 N–H and O–H groups in total. The van der Waals surface area contributed by atoms with E-state index in [2.05, 4.69) is 50.5 Å². The molecule has 0 aliphatic carbocycles. The number of ether oxygens (including phenoxy) is 1. The molecule has 0 radical (unpaired) electrons. The number of H-pyrrole nitrogens is 1. The Kier molecular flexibility index (Phi) is 7.25. The predicted octanol–water partition coefficient (Wildman–Crippen LogP) is 4.16. The van der Waals surface area contributed by atoms with Gasteiger partial charge < -0.3 is 14.1 Å². The molecular weight excluding hydrogens is 468 g/mol. The average molecular weight is 499 g/mol. The van der Waals surface area contributed by atoms with E-state index < -0.39 is 6.04 Å². The number of pyridine rings is 1. The van der Waals surface area contributed by atoms with E-state index in [1.165, 1.54) is 0 Å². The zero-order valence-corrected chi connectivity index (χ0v) is 21.2. The van der Waals surface area contributed by atoms with Crippen molar-refractivity contribution in [3.8, 4) is 0 Å². The standard InChI is InChI=1S/C28H30N6O3/c1-19-14-22-16-24(28(35)29-25(22)15-20(19)2)26(27-30-31-32-34(27)11-13-36-3)33(18-23-10-7-12-37-23)17-21-8-5-4-6-9-21/h4-10,12,14-16,26H,11,13,17-18H2,1-3H3,(H,29,35)/t26-/m0/s1. The van der Waals surface area contributed by atoms with Crippen LogP contribution in [-0.2, 0) is 24.4 Å². The van der Waals surface area contributed by atoms with E-state index in [1.54, 1.807) is 18.1 Å². The highest BCUT2D eigenvalue weighted by molar-refractivity contribution is 5.81. The Morgan fingerprint density at radius 3 is 2.62 bits per heavy atom. The molecule has 1 atom stereocenters. The number of rotatable bonds is 10. The number of furan rings is 1. The molecule has 5 aromatic rings. The van der Waals surface area contributed by atoms with E-state index in [1.807, 2.05) is 49.4 Å². The number of tetrazole rings is 1. The normalized spacial score (nSPS) is 12.4. The molecule has 9 nitrogen and oxygen atoms in total. The summed E-state index contributed by atoms with van der Waals surface area (Å²) in [6.07, 6.45) is 1.65. The SMILES string of the molecule is COCCn1nnnc1[C@H](c1cc2cc(C)c(C)cc2[nH]c1=O)N(Cc1ccccc1)Cc1ccco1. The maximum Gasteiger partial charge on any atom is 0.253 e. The van der Waals surface area contributed by atoms with E-state index in [0.717, 1.165) is 33.4 Å². The summed E-state index contributed by atoms with van der Waals surface area (Å²) < 4.78 is 12.7. The molecule has 2 aromatic carbocycles. The van der Waals surface area contributed by atoms with Gasteiger partial charge in [0.05, 0.1) is 26.0 Å². The fraction of sp³-hybridized carbons (Fsp3) is 0.286. The van der Waals surface area contributed by atoms with Gasteiger partial charge in [0.25, 0.3) is 5.56 Å². The molecule has 0 aliphatic rings. The average Bonchev–Trinajstić information content (AvgIpc) is 3.57. The summed E-state index contributed by atoms with van der Waals surface area (Å²) in [5.74, 6) is 1.34. The Morgan fingerprint density at radius 1 is 1.05 bits per heavy atom. The number of methoxy groups -OCH3 is 1. The highest BCUT2D eigenvalue weighted by Gasteiger charge is 2.31. The van der Waals surface area contributed by atoms with Crippen LogP contribution in [-0.4, -0.2) is 43.8 Å². The number of hydrogen-bond donors (Lipinski definition) is 1. The van der Waals surface area contributed by atoms with Crippen molar-refractivity contribution in [3.05, 3.63) is 111 Å². The van der Waals surface area contributed by atoms with Crippen LogP contribution >= 0.6 is 0 Å². The summed E-state index contributed by atoms with van der Waals surface area (Å²) in [6.45, 7) is 6.01. The predicted molar refractivity (Wildman–Crippen MR) is 140 cm³/mol. The van der Waals surface area contributed by atoms with E-state index in [0.29, 0.717) is 37.6 Å². The minimum absolute atomic E-state index is 0.181. The first kappa shape index (κ1) is 24.6. The number of aromatic nitrogens is 5. The first-order valence-electron chi connectivity index (χ1n) is 12.2. The molecule has 9 heteroatoms. The summed E-state index contributed by atoms with van der Waals surface area (Å²) in [5.41, 5.74) is 4.56. The first-order chi connectivity index (χ1) is 18.0. The minimum atomic E-state index is -0.549. The highest BCUT2D eigenvalue weighted by Crippen LogP contribution is 2.30. The molecule has 3 aromatic heterocycles. The van der Waals surface area contributed by atoms with Crippen molar-refractivity contribution >= 4 is 10.9 Å². The molecule has 190 valence electrons. The Labute approximate surface area is 214 Å². The number of benzene rings is 2. The zero-order chi connectivity index (χ0) is 25.8. The number of nitrogens with one attached hydrogen (secondary N) is 1. The maximum absolute atomic E-state index is 13.6. The summed E-state index contributed by atoms with van der Waals surface area (Å²) in [4.78, 5) is 18.9. The zero-order valence-electron chi connectivity index (χ0n) is 21.2. The van der Waals surface area contributed by atoms with Crippen LogP contribution in [0.4, 0.5) is 0 Å². The number of nitrogens with zero attached hydrogens (tertiary/aromatic N) is 5. The van der Waals surface area contributed by atoms with Gasteiger partial charge in [-0.1, -0.05) is 30.3 Å². The van der Waals surface area contributed by atoms with E-state index in [4.69, 9.17) is 9.15 Å². The van der Waals surface area contributed by atoms with E-state index >= 15 is 0 Å². The molecule has 0 unspecified atom stereocenters. The van der Waals surface area contributed by atoms with Crippen LogP contribution in [0.25, 0.3) is 10.9 Å². The quantitative estimate of drug-likeness (QED) is 0.308. The largest absolute Gasteiger partial charge is 0.468 e. The van der Waals surface area contributed by atoms with Gasteiger partial charge >= 0.3 is 0 Å². The smallest absolute Gasteiger partial charge is 0.253 e. The molecule has 0 spiro atoms. The lowest BCUT2D eigenvalue weighted by molar-refractivity contribution is 0.163. The van der Waals surface area contributed by atoms with Crippen molar-refractivity contribution in [2.45, 2.75) is 39.5 Å². The second-order valence-electron chi connectivity index (χ2n) is 9.20. The summed E-state index contributed by atoms with van der Waals surface area (Å²) in [5, 5.41) is 13.6. The first-order valence-corrected chi connectivity index (χ1v) is 12.2. The molecule has 0 fully saturated rings. The lowest BCUT2D eigenvalue weighted by Gasteiger charge is -2.30. The molecule has 0 amide bonds. The lowest BCUT2D eigenvalue weighted by atomic mass is 10.00. The molecule has 5 rings (SSSR count). The third kappa shape index (κ3) is 5.37. The van der Waals surface area contributed by atoms with Crippen molar-refractivity contribution < 1.29 is 9.15 Å². The van der Waals surface area contributed by atoms with E-state index in [9.17, 15) is 4.79 Å². The van der Waals surface area contributed by atoms with Gasteiger partial charge in [0.1, 0.15) is 11.8 Å². The molecule has 0 aliphatic heterocycles. The van der Waals surface area contributed by atoms with Crippen LogP contribution in [0.2, 0.25) is 0 Å². The van der Waals surface area contributed by atoms with Gasteiger partial charge in [-0.25, -0.2) is 4.68 Å². The van der Waals surface area contributed by atoms with Crippen LogP contribution < -0.4 is 5.56 Å². The number of aromatic amines is 1. The Balaban J connectivity index is 1.69. The fourth-order valence-corrected chi connectivity index (χ4v) is 4.60. The maximum atomic E-state index is 13.6.